The minimum absolute atomic E-state index is 0.174. The van der Waals surface area contributed by atoms with E-state index < -0.39 is 22.8 Å². The summed E-state index contributed by atoms with van der Waals surface area (Å²) in [5.41, 5.74) is -0.702. The Kier molecular flexibility index (Phi) is 2.12. The van der Waals surface area contributed by atoms with Crippen LogP contribution in [0.3, 0.4) is 0 Å². The molecule has 0 amide bonds. The van der Waals surface area contributed by atoms with Crippen molar-refractivity contribution in [1.29, 1.82) is 0 Å². The first-order valence-corrected chi connectivity index (χ1v) is 4.46. The molecule has 0 aromatic carbocycles. The lowest BCUT2D eigenvalue weighted by molar-refractivity contribution is 0.0692. The van der Waals surface area contributed by atoms with E-state index in [0.29, 0.717) is 5.69 Å². The van der Waals surface area contributed by atoms with Crippen molar-refractivity contribution < 1.29 is 15.0 Å². The van der Waals surface area contributed by atoms with E-state index in [4.69, 9.17) is 5.11 Å². The number of aromatic carboxylic acids is 1. The predicted molar refractivity (Wildman–Crippen MR) is 55.7 cm³/mol. The summed E-state index contributed by atoms with van der Waals surface area (Å²) in [6.07, 6.45) is 0. The van der Waals surface area contributed by atoms with Gasteiger partial charge in [-0.05, 0) is 19.1 Å². The molecule has 0 saturated heterocycles. The smallest absolute Gasteiger partial charge is 0.345 e. The van der Waals surface area contributed by atoms with Gasteiger partial charge >= 0.3 is 5.97 Å². The number of hydrogen-bond acceptors (Lipinski definition) is 4. The number of aromatic amines is 1. The Morgan fingerprint density at radius 2 is 2.12 bits per heavy atom. The lowest BCUT2D eigenvalue weighted by atomic mass is 10.1. The molecule has 2 rings (SSSR count). The normalized spacial score (nSPS) is 10.6. The number of pyridine rings is 2. The van der Waals surface area contributed by atoms with E-state index in [1.54, 1.807) is 13.0 Å². The van der Waals surface area contributed by atoms with Crippen LogP contribution in [-0.2, 0) is 0 Å². The van der Waals surface area contributed by atoms with Crippen molar-refractivity contribution in [2.75, 3.05) is 0 Å². The maximum Gasteiger partial charge on any atom is 0.345 e. The molecule has 0 aliphatic heterocycles. The van der Waals surface area contributed by atoms with Gasteiger partial charge in [-0.1, -0.05) is 0 Å². The second-order valence-electron chi connectivity index (χ2n) is 3.33. The van der Waals surface area contributed by atoms with E-state index in [-0.39, 0.29) is 11.0 Å². The number of hydrogen-bond donors (Lipinski definition) is 3. The van der Waals surface area contributed by atoms with Crippen molar-refractivity contribution in [3.05, 3.63) is 33.7 Å². The lowest BCUT2D eigenvalue weighted by Crippen LogP contribution is -2.18. The Morgan fingerprint density at radius 3 is 2.75 bits per heavy atom. The lowest BCUT2D eigenvalue weighted by Gasteiger charge is -2.03. The summed E-state index contributed by atoms with van der Waals surface area (Å²) in [5.74, 6) is -2.03. The zero-order chi connectivity index (χ0) is 11.9. The number of rotatable bonds is 1. The van der Waals surface area contributed by atoms with Crippen LogP contribution < -0.4 is 5.56 Å². The maximum atomic E-state index is 11.4. The second kappa shape index (κ2) is 3.34. The molecule has 2 aromatic heterocycles. The zero-order valence-electron chi connectivity index (χ0n) is 8.31. The van der Waals surface area contributed by atoms with Gasteiger partial charge in [-0.3, -0.25) is 4.79 Å². The molecule has 0 aliphatic rings. The van der Waals surface area contributed by atoms with Crippen LogP contribution in [0.4, 0.5) is 0 Å². The highest BCUT2D eigenvalue weighted by atomic mass is 16.4. The zero-order valence-corrected chi connectivity index (χ0v) is 8.31. The number of fused-ring (bicyclic) bond motifs is 1. The molecule has 6 heteroatoms. The summed E-state index contributed by atoms with van der Waals surface area (Å²) in [6, 6.07) is 3.13. The van der Waals surface area contributed by atoms with Crippen LogP contribution in [0.5, 0.6) is 5.75 Å². The maximum absolute atomic E-state index is 11.4. The van der Waals surface area contributed by atoms with Crippen molar-refractivity contribution in [1.82, 2.24) is 9.97 Å². The highest BCUT2D eigenvalue weighted by Crippen LogP contribution is 2.23. The molecular weight excluding hydrogens is 212 g/mol. The van der Waals surface area contributed by atoms with Gasteiger partial charge in [0.25, 0.3) is 5.56 Å². The third kappa shape index (κ3) is 1.40. The SMILES string of the molecule is Cc1ccc2c(O)c(C(=O)O)c(=O)[nH]c2n1. The molecule has 0 saturated carbocycles. The fourth-order valence-corrected chi connectivity index (χ4v) is 1.45. The molecule has 6 nitrogen and oxygen atoms in total. The predicted octanol–water partition coefficient (Wildman–Crippen LogP) is 0.635. The summed E-state index contributed by atoms with van der Waals surface area (Å²) in [6.45, 7) is 1.72. The fraction of sp³-hybridized carbons (Fsp3) is 0.100. The number of aryl methyl sites for hydroxylation is 1. The number of H-pyrrole nitrogens is 1. The first-order valence-electron chi connectivity index (χ1n) is 4.46. The number of carboxylic acid groups (broad SMARTS) is 1. The molecule has 0 atom stereocenters. The summed E-state index contributed by atoms with van der Waals surface area (Å²) in [5, 5.41) is 18.6. The van der Waals surface area contributed by atoms with Gasteiger partial charge in [0.05, 0.1) is 5.39 Å². The molecule has 16 heavy (non-hydrogen) atoms. The first kappa shape index (κ1) is 10.2. The minimum Gasteiger partial charge on any atom is -0.506 e. The fourth-order valence-electron chi connectivity index (χ4n) is 1.45. The Labute approximate surface area is 89.2 Å². The van der Waals surface area contributed by atoms with E-state index in [0.717, 1.165) is 0 Å². The van der Waals surface area contributed by atoms with Gasteiger partial charge in [0.2, 0.25) is 0 Å². The van der Waals surface area contributed by atoms with Gasteiger partial charge < -0.3 is 15.2 Å². The average Bonchev–Trinajstić information content (AvgIpc) is 2.15. The minimum atomic E-state index is -1.47. The van der Waals surface area contributed by atoms with Gasteiger partial charge in [-0.25, -0.2) is 9.78 Å². The van der Waals surface area contributed by atoms with E-state index in [1.165, 1.54) is 6.07 Å². The van der Waals surface area contributed by atoms with E-state index >= 15 is 0 Å². The molecule has 0 fully saturated rings. The van der Waals surface area contributed by atoms with Crippen LogP contribution >= 0.6 is 0 Å². The number of carboxylic acids is 1. The van der Waals surface area contributed by atoms with E-state index in [9.17, 15) is 14.7 Å². The van der Waals surface area contributed by atoms with Gasteiger partial charge in [0, 0.05) is 5.69 Å². The molecule has 0 radical (unpaired) electrons. The Bertz CT molecular complexity index is 645. The van der Waals surface area contributed by atoms with E-state index in [1.807, 2.05) is 0 Å². The van der Waals surface area contributed by atoms with Gasteiger partial charge in [0.15, 0.2) is 5.56 Å². The monoisotopic (exact) mass is 220 g/mol. The summed E-state index contributed by atoms with van der Waals surface area (Å²) < 4.78 is 0. The second-order valence-corrected chi connectivity index (χ2v) is 3.33. The van der Waals surface area contributed by atoms with Crippen molar-refractivity contribution >= 4 is 17.0 Å². The third-order valence-electron chi connectivity index (χ3n) is 2.20. The molecule has 2 aromatic rings. The van der Waals surface area contributed by atoms with Crippen LogP contribution in [0, 0.1) is 6.92 Å². The Hall–Kier alpha value is -2.37. The molecule has 3 N–H and O–H groups in total. The van der Waals surface area contributed by atoms with Crippen LogP contribution in [0.2, 0.25) is 0 Å². The van der Waals surface area contributed by atoms with Crippen molar-refractivity contribution in [3.63, 3.8) is 0 Å². The molecule has 0 unspecified atom stereocenters. The molecule has 0 bridgehead atoms. The molecule has 0 aliphatic carbocycles. The van der Waals surface area contributed by atoms with Crippen molar-refractivity contribution in [2.24, 2.45) is 0 Å². The first-order chi connectivity index (χ1) is 7.50. The van der Waals surface area contributed by atoms with Crippen molar-refractivity contribution in [2.45, 2.75) is 6.92 Å². The topological polar surface area (TPSA) is 103 Å². The summed E-state index contributed by atoms with van der Waals surface area (Å²) in [7, 11) is 0. The molecule has 2 heterocycles. The van der Waals surface area contributed by atoms with Crippen LogP contribution in [0.1, 0.15) is 16.1 Å². The standard InChI is InChI=1S/C10H8N2O4/c1-4-2-3-5-7(13)6(10(15)16)9(14)12-8(5)11-4/h2-3H,1H3,(H,15,16)(H2,11,12,13,14). The molecular formula is C10H8N2O4. The highest BCUT2D eigenvalue weighted by Gasteiger charge is 2.18. The number of aromatic hydroxyl groups is 1. The van der Waals surface area contributed by atoms with Gasteiger partial charge in [-0.15, -0.1) is 0 Å². The van der Waals surface area contributed by atoms with Gasteiger partial charge in [-0.2, -0.15) is 0 Å². The summed E-state index contributed by atoms with van der Waals surface area (Å²) in [4.78, 5) is 28.4. The average molecular weight is 220 g/mol. The molecule has 0 spiro atoms. The molecule has 82 valence electrons. The van der Waals surface area contributed by atoms with Gasteiger partial charge in [0.1, 0.15) is 11.4 Å². The largest absolute Gasteiger partial charge is 0.506 e. The Morgan fingerprint density at radius 1 is 1.44 bits per heavy atom. The number of carbonyl (C=O) groups is 1. The summed E-state index contributed by atoms with van der Waals surface area (Å²) >= 11 is 0. The third-order valence-corrected chi connectivity index (χ3v) is 2.20. The van der Waals surface area contributed by atoms with Crippen molar-refractivity contribution in [3.8, 4) is 5.75 Å². The number of nitrogens with zero attached hydrogens (tertiary/aromatic N) is 1. The highest BCUT2D eigenvalue weighted by molar-refractivity contribution is 5.97. The van der Waals surface area contributed by atoms with Crippen LogP contribution in [0.15, 0.2) is 16.9 Å². The van der Waals surface area contributed by atoms with E-state index in [2.05, 4.69) is 9.97 Å². The Balaban J connectivity index is 2.94. The van der Waals surface area contributed by atoms with Crippen LogP contribution in [0.25, 0.3) is 11.0 Å². The number of aromatic nitrogens is 2. The quantitative estimate of drug-likeness (QED) is 0.654. The van der Waals surface area contributed by atoms with Crippen LogP contribution in [-0.4, -0.2) is 26.2 Å². The number of nitrogens with one attached hydrogen (secondary N) is 1.